The predicted octanol–water partition coefficient (Wildman–Crippen LogP) is 2.26. The number of aromatic amines is 1. The van der Waals surface area contributed by atoms with E-state index < -0.39 is 12.8 Å². The molecule has 0 bridgehead atoms. The summed E-state index contributed by atoms with van der Waals surface area (Å²) in [5, 5.41) is 19.0. The molecule has 0 unspecified atom stereocenters. The number of aromatic nitrogens is 1. The quantitative estimate of drug-likeness (QED) is 0.756. The van der Waals surface area contributed by atoms with Crippen molar-refractivity contribution < 1.29 is 24.1 Å². The van der Waals surface area contributed by atoms with E-state index in [2.05, 4.69) is 9.98 Å². The summed E-state index contributed by atoms with van der Waals surface area (Å²) in [7, 11) is 0. The summed E-state index contributed by atoms with van der Waals surface area (Å²) in [4.78, 5) is 7.40. The molecular formula is C17H19FN2O4. The van der Waals surface area contributed by atoms with Gasteiger partial charge in [0, 0.05) is 17.3 Å². The van der Waals surface area contributed by atoms with Crippen LogP contribution in [0.1, 0.15) is 12.6 Å². The highest BCUT2D eigenvalue weighted by Crippen LogP contribution is 2.30. The zero-order valence-electron chi connectivity index (χ0n) is 13.2. The van der Waals surface area contributed by atoms with Gasteiger partial charge >= 0.3 is 0 Å². The van der Waals surface area contributed by atoms with Crippen molar-refractivity contribution in [3.8, 4) is 22.8 Å². The van der Waals surface area contributed by atoms with Crippen LogP contribution in [0, 0.1) is 0 Å². The molecule has 0 fully saturated rings. The molecule has 0 saturated carbocycles. The molecule has 2 aromatic rings. The third-order valence-corrected chi connectivity index (χ3v) is 3.59. The lowest BCUT2D eigenvalue weighted by atomic mass is 10.1. The van der Waals surface area contributed by atoms with Gasteiger partial charge in [0.2, 0.25) is 5.90 Å². The van der Waals surface area contributed by atoms with Crippen LogP contribution in [-0.4, -0.2) is 53.1 Å². The molecule has 1 aromatic carbocycles. The van der Waals surface area contributed by atoms with Crippen molar-refractivity contribution in [3.05, 3.63) is 36.0 Å². The maximum Gasteiger partial charge on any atom is 0.233 e. The van der Waals surface area contributed by atoms with E-state index in [1.165, 1.54) is 6.07 Å². The summed E-state index contributed by atoms with van der Waals surface area (Å²) < 4.78 is 23.5. The van der Waals surface area contributed by atoms with E-state index >= 15 is 0 Å². The Labute approximate surface area is 138 Å². The molecule has 128 valence electrons. The number of H-pyrrole nitrogens is 1. The summed E-state index contributed by atoms with van der Waals surface area (Å²) >= 11 is 0. The number of phenols is 1. The van der Waals surface area contributed by atoms with E-state index in [1.54, 1.807) is 19.1 Å². The lowest BCUT2D eigenvalue weighted by Crippen LogP contribution is -2.17. The van der Waals surface area contributed by atoms with E-state index in [0.717, 1.165) is 5.69 Å². The second kappa shape index (κ2) is 6.92. The van der Waals surface area contributed by atoms with Crippen LogP contribution >= 0.6 is 0 Å². The standard InChI is InChI=1S/C17H19FN2O4/c1-10(7-18)23-13-5-11(4-12(22)6-13)15-2-3-16(20-15)17-19-8-14(9-21)24-17/h2-6,10,14,20-22H,7-9H2,1H3/t10-,14+/m0/s1. The van der Waals surface area contributed by atoms with E-state index in [1.807, 2.05) is 12.1 Å². The number of aromatic hydroxyl groups is 1. The molecule has 1 aliphatic rings. The zero-order valence-corrected chi connectivity index (χ0v) is 13.2. The van der Waals surface area contributed by atoms with Gasteiger partial charge in [-0.1, -0.05) is 0 Å². The van der Waals surface area contributed by atoms with Crippen LogP contribution in [0.25, 0.3) is 11.3 Å². The molecule has 1 aromatic heterocycles. The number of nitrogens with zero attached hydrogens (tertiary/aromatic N) is 1. The van der Waals surface area contributed by atoms with Crippen LogP contribution < -0.4 is 4.74 Å². The minimum atomic E-state index is -0.610. The zero-order chi connectivity index (χ0) is 17.1. The number of hydrogen-bond donors (Lipinski definition) is 3. The maximum absolute atomic E-state index is 12.6. The summed E-state index contributed by atoms with van der Waals surface area (Å²) in [5.41, 5.74) is 2.11. The predicted molar refractivity (Wildman–Crippen MR) is 87.3 cm³/mol. The van der Waals surface area contributed by atoms with E-state index in [-0.39, 0.29) is 18.5 Å². The maximum atomic E-state index is 12.6. The molecule has 2 atom stereocenters. The third-order valence-electron chi connectivity index (χ3n) is 3.59. The smallest absolute Gasteiger partial charge is 0.233 e. The number of aliphatic hydroxyl groups is 1. The summed E-state index contributed by atoms with van der Waals surface area (Å²) in [6.07, 6.45) is -0.898. The fourth-order valence-corrected chi connectivity index (χ4v) is 2.42. The molecule has 0 spiro atoms. The first-order chi connectivity index (χ1) is 11.6. The van der Waals surface area contributed by atoms with Gasteiger partial charge in [-0.15, -0.1) is 0 Å². The van der Waals surface area contributed by atoms with Gasteiger partial charge in [0.05, 0.1) is 13.2 Å². The first-order valence-electron chi connectivity index (χ1n) is 7.67. The molecule has 0 aliphatic carbocycles. The second-order valence-electron chi connectivity index (χ2n) is 5.65. The van der Waals surface area contributed by atoms with Gasteiger partial charge < -0.3 is 24.7 Å². The average molecular weight is 334 g/mol. The first kappa shape index (κ1) is 16.3. The van der Waals surface area contributed by atoms with Crippen LogP contribution in [0.4, 0.5) is 4.39 Å². The highest BCUT2D eigenvalue weighted by Gasteiger charge is 2.21. The largest absolute Gasteiger partial charge is 0.508 e. The van der Waals surface area contributed by atoms with Crippen molar-refractivity contribution in [2.75, 3.05) is 19.8 Å². The third kappa shape index (κ3) is 3.51. The molecule has 0 amide bonds. The monoisotopic (exact) mass is 334 g/mol. The van der Waals surface area contributed by atoms with Crippen molar-refractivity contribution in [2.24, 2.45) is 4.99 Å². The SMILES string of the molecule is C[C@@H](CF)Oc1cc(O)cc(-c2ccc(C3=NC[C@H](CO)O3)[nH]2)c1. The van der Waals surface area contributed by atoms with Gasteiger partial charge in [0.25, 0.3) is 0 Å². The molecule has 24 heavy (non-hydrogen) atoms. The Morgan fingerprint density at radius 2 is 2.17 bits per heavy atom. The molecule has 2 heterocycles. The Kier molecular flexibility index (Phi) is 4.71. The summed E-state index contributed by atoms with van der Waals surface area (Å²) in [6, 6.07) is 8.37. The number of nitrogens with one attached hydrogen (secondary N) is 1. The lowest BCUT2D eigenvalue weighted by Gasteiger charge is -2.12. The van der Waals surface area contributed by atoms with E-state index in [0.29, 0.717) is 29.4 Å². The minimum Gasteiger partial charge on any atom is -0.508 e. The molecule has 7 heteroatoms. The molecule has 6 nitrogen and oxygen atoms in total. The van der Waals surface area contributed by atoms with Crippen LogP contribution in [0.15, 0.2) is 35.3 Å². The summed E-state index contributed by atoms with van der Waals surface area (Å²) in [5.74, 6) is 0.864. The Morgan fingerprint density at radius 3 is 2.88 bits per heavy atom. The Balaban J connectivity index is 1.82. The highest BCUT2D eigenvalue weighted by molar-refractivity contribution is 5.94. The fraction of sp³-hybridized carbons (Fsp3) is 0.353. The molecular weight excluding hydrogens is 315 g/mol. The van der Waals surface area contributed by atoms with Gasteiger partial charge in [0.1, 0.15) is 36.1 Å². The van der Waals surface area contributed by atoms with Crippen LogP contribution in [-0.2, 0) is 4.74 Å². The van der Waals surface area contributed by atoms with E-state index in [4.69, 9.17) is 14.6 Å². The Morgan fingerprint density at radius 1 is 1.38 bits per heavy atom. The van der Waals surface area contributed by atoms with Gasteiger partial charge in [-0.05, 0) is 31.2 Å². The molecule has 1 aliphatic heterocycles. The topological polar surface area (TPSA) is 87.1 Å². The number of phenolic OH excluding ortho intramolecular Hbond substituents is 1. The van der Waals surface area contributed by atoms with Gasteiger partial charge in [0.15, 0.2) is 0 Å². The number of halogens is 1. The van der Waals surface area contributed by atoms with Crippen molar-refractivity contribution in [2.45, 2.75) is 19.1 Å². The first-order valence-corrected chi connectivity index (χ1v) is 7.67. The van der Waals surface area contributed by atoms with Crippen LogP contribution in [0.2, 0.25) is 0 Å². The van der Waals surface area contributed by atoms with Crippen molar-refractivity contribution >= 4 is 5.90 Å². The second-order valence-corrected chi connectivity index (χ2v) is 5.65. The molecule has 0 radical (unpaired) electrons. The number of alkyl halides is 1. The van der Waals surface area contributed by atoms with Gasteiger partial charge in [-0.3, -0.25) is 0 Å². The number of ether oxygens (including phenoxy) is 2. The number of benzene rings is 1. The molecule has 3 N–H and O–H groups in total. The lowest BCUT2D eigenvalue weighted by molar-refractivity contribution is 0.130. The van der Waals surface area contributed by atoms with Crippen molar-refractivity contribution in [1.82, 2.24) is 4.98 Å². The minimum absolute atomic E-state index is 0.0273. The number of aliphatic hydroxyl groups excluding tert-OH is 1. The van der Waals surface area contributed by atoms with Crippen LogP contribution in [0.5, 0.6) is 11.5 Å². The normalized spacial score (nSPS) is 18.1. The highest BCUT2D eigenvalue weighted by atomic mass is 19.1. The average Bonchev–Trinajstić information content (AvgIpc) is 3.23. The van der Waals surface area contributed by atoms with Crippen LogP contribution in [0.3, 0.4) is 0 Å². The summed E-state index contributed by atoms with van der Waals surface area (Å²) in [6.45, 7) is 1.34. The van der Waals surface area contributed by atoms with E-state index in [9.17, 15) is 9.50 Å². The number of rotatable bonds is 6. The molecule has 0 saturated heterocycles. The van der Waals surface area contributed by atoms with Gasteiger partial charge in [-0.2, -0.15) is 0 Å². The number of aliphatic imine (C=N–C) groups is 1. The fourth-order valence-electron chi connectivity index (χ4n) is 2.42. The Hall–Kier alpha value is -2.54. The number of hydrogen-bond acceptors (Lipinski definition) is 5. The molecule has 3 rings (SSSR count). The van der Waals surface area contributed by atoms with Crippen molar-refractivity contribution in [3.63, 3.8) is 0 Å². The van der Waals surface area contributed by atoms with Gasteiger partial charge in [-0.25, -0.2) is 9.38 Å². The van der Waals surface area contributed by atoms with Crippen molar-refractivity contribution in [1.29, 1.82) is 0 Å². The Bertz CT molecular complexity index is 744.